The molecule has 0 aromatic heterocycles. The smallest absolute Gasteiger partial charge is 0.172 e. The van der Waals surface area contributed by atoms with Crippen molar-refractivity contribution in [3.8, 4) is 0 Å². The van der Waals surface area contributed by atoms with Crippen LogP contribution in [-0.4, -0.2) is 12.2 Å². The van der Waals surface area contributed by atoms with Crippen molar-refractivity contribution in [2.45, 2.75) is 12.5 Å². The molecule has 0 bridgehead atoms. The van der Waals surface area contributed by atoms with Gasteiger partial charge < -0.3 is 0 Å². The van der Waals surface area contributed by atoms with Gasteiger partial charge in [-0.25, -0.2) is 0 Å². The first-order valence-corrected chi connectivity index (χ1v) is 7.68. The predicted octanol–water partition coefficient (Wildman–Crippen LogP) is 3.04. The zero-order valence-electron chi connectivity index (χ0n) is 4.30. The molecular formula is C2H5BCl4Si. The molecule has 0 heterocycles. The van der Waals surface area contributed by atoms with Crippen LogP contribution in [-0.2, 0) is 0 Å². The zero-order valence-corrected chi connectivity index (χ0v) is 8.32. The van der Waals surface area contributed by atoms with Crippen molar-refractivity contribution in [1.29, 1.82) is 0 Å². The summed E-state index contributed by atoms with van der Waals surface area (Å²) in [6.07, 6.45) is 0. The van der Waals surface area contributed by atoms with Gasteiger partial charge in [0.1, 0.15) is 0 Å². The van der Waals surface area contributed by atoms with E-state index in [4.69, 9.17) is 45.1 Å². The lowest BCUT2D eigenvalue weighted by Gasteiger charge is -2.06. The van der Waals surface area contributed by atoms with Crippen LogP contribution in [0, 0.1) is 0 Å². The fourth-order valence-electron chi connectivity index (χ4n) is 0.271. The van der Waals surface area contributed by atoms with Crippen LogP contribution < -0.4 is 0 Å². The molecule has 0 saturated heterocycles. The van der Waals surface area contributed by atoms with Crippen LogP contribution in [0.4, 0.5) is 0 Å². The molecule has 0 radical (unpaired) electrons. The summed E-state index contributed by atoms with van der Waals surface area (Å²) in [6, 6.07) is 0. The monoisotopic (exact) mass is 208 g/mol. The molecule has 0 amide bonds. The summed E-state index contributed by atoms with van der Waals surface area (Å²) < 4.78 is 0. The summed E-state index contributed by atoms with van der Waals surface area (Å²) >= 11 is 22.1. The Kier molecular flexibility index (Phi) is 4.21. The van der Waals surface area contributed by atoms with Crippen molar-refractivity contribution in [3.63, 3.8) is 0 Å². The van der Waals surface area contributed by atoms with Gasteiger partial charge in [0.05, 0.1) is 0 Å². The van der Waals surface area contributed by atoms with E-state index in [0.29, 0.717) is 5.94 Å². The average Bonchev–Trinajstić information content (AvgIpc) is 1.21. The van der Waals surface area contributed by atoms with E-state index in [0.717, 1.165) is 0 Å². The third kappa shape index (κ3) is 7.44. The van der Waals surface area contributed by atoms with Crippen LogP contribution in [0.1, 0.15) is 0 Å². The van der Waals surface area contributed by atoms with Crippen molar-refractivity contribution in [1.82, 2.24) is 0 Å². The molecule has 0 rings (SSSR count). The van der Waals surface area contributed by atoms with Crippen LogP contribution in [0.5, 0.6) is 0 Å². The van der Waals surface area contributed by atoms with Gasteiger partial charge in [-0.15, -0.1) is 22.2 Å². The first-order valence-electron chi connectivity index (χ1n) is 2.08. The standard InChI is InChI=1S/C2H5BCl4Si/c1-8(6,7)2-3(4)5/h2H2,1H3. The number of rotatable bonds is 2. The van der Waals surface area contributed by atoms with Crippen LogP contribution in [0.25, 0.3) is 0 Å². The molecule has 0 aliphatic heterocycles. The molecule has 0 N–H and O–H groups in total. The van der Waals surface area contributed by atoms with Crippen molar-refractivity contribution < 1.29 is 0 Å². The van der Waals surface area contributed by atoms with Gasteiger partial charge in [-0.2, -0.15) is 22.9 Å². The SMILES string of the molecule is C[Si](Cl)(Cl)CB(Cl)Cl. The highest BCUT2D eigenvalue weighted by atomic mass is 35.7. The Morgan fingerprint density at radius 2 is 1.75 bits per heavy atom. The zero-order chi connectivity index (χ0) is 6.78. The van der Waals surface area contributed by atoms with Crippen molar-refractivity contribution in [2.24, 2.45) is 0 Å². The topological polar surface area (TPSA) is 0 Å². The van der Waals surface area contributed by atoms with E-state index in [2.05, 4.69) is 0 Å². The molecule has 0 fully saturated rings. The molecule has 8 heavy (non-hydrogen) atoms. The molecule has 0 aromatic rings. The molecule has 0 nitrogen and oxygen atoms in total. The minimum absolute atomic E-state index is 0.415. The summed E-state index contributed by atoms with van der Waals surface area (Å²) in [5.74, 6) is 0.527. The van der Waals surface area contributed by atoms with Gasteiger partial charge in [-0.05, 0) is 12.5 Å². The summed E-state index contributed by atoms with van der Waals surface area (Å²) in [5.41, 5.74) is -0.415. The summed E-state index contributed by atoms with van der Waals surface area (Å²) in [6.45, 7) is -0.254. The number of hydrogen-bond donors (Lipinski definition) is 0. The molecular weight excluding hydrogens is 205 g/mol. The van der Waals surface area contributed by atoms with Gasteiger partial charge in [-0.3, -0.25) is 0 Å². The van der Waals surface area contributed by atoms with E-state index >= 15 is 0 Å². The average molecular weight is 210 g/mol. The van der Waals surface area contributed by atoms with Gasteiger partial charge in [0.15, 0.2) is 0 Å². The summed E-state index contributed by atoms with van der Waals surface area (Å²) in [7, 11) is 0. The third-order valence-corrected chi connectivity index (χ3v) is 3.39. The minimum atomic E-state index is -2.04. The Labute approximate surface area is 69.8 Å². The minimum Gasteiger partial charge on any atom is -0.172 e. The lowest BCUT2D eigenvalue weighted by atomic mass is 10.2. The molecule has 48 valence electrons. The van der Waals surface area contributed by atoms with Crippen molar-refractivity contribution in [2.75, 3.05) is 0 Å². The van der Waals surface area contributed by atoms with E-state index in [1.165, 1.54) is 0 Å². The second kappa shape index (κ2) is 3.57. The maximum Gasteiger partial charge on any atom is 0.351 e. The van der Waals surface area contributed by atoms with Crippen LogP contribution in [0.2, 0.25) is 12.5 Å². The Bertz CT molecular complexity index is 68.9. The highest BCUT2D eigenvalue weighted by Gasteiger charge is 2.26. The van der Waals surface area contributed by atoms with Crippen molar-refractivity contribution in [3.05, 3.63) is 0 Å². The molecule has 0 atom stereocenters. The lowest BCUT2D eigenvalue weighted by Crippen LogP contribution is -2.17. The third-order valence-electron chi connectivity index (χ3n) is 0.513. The Balaban J connectivity index is 3.39. The molecule has 0 aliphatic carbocycles. The fraction of sp³-hybridized carbons (Fsp3) is 1.00. The Hall–Kier alpha value is 1.44. The quantitative estimate of drug-likeness (QED) is 0.485. The molecule has 0 aromatic carbocycles. The maximum atomic E-state index is 5.66. The molecule has 0 aliphatic rings. The first-order chi connectivity index (χ1) is 3.42. The van der Waals surface area contributed by atoms with Gasteiger partial charge in [0.2, 0.25) is 6.69 Å². The van der Waals surface area contributed by atoms with E-state index < -0.39 is 12.2 Å². The summed E-state index contributed by atoms with van der Waals surface area (Å²) in [4.78, 5) is 0. The lowest BCUT2D eigenvalue weighted by molar-refractivity contribution is 1.91. The largest absolute Gasteiger partial charge is 0.351 e. The molecule has 0 spiro atoms. The fourth-order valence-corrected chi connectivity index (χ4v) is 4.54. The predicted molar refractivity (Wildman–Crippen MR) is 45.6 cm³/mol. The highest BCUT2D eigenvalue weighted by Crippen LogP contribution is 2.23. The molecule has 6 heteroatoms. The number of hydrogen-bond acceptors (Lipinski definition) is 0. The molecule has 0 unspecified atom stereocenters. The van der Waals surface area contributed by atoms with E-state index in [1.54, 1.807) is 6.55 Å². The first kappa shape index (κ1) is 9.44. The Morgan fingerprint density at radius 3 is 1.75 bits per heavy atom. The normalized spacial score (nSPS) is 11.6. The van der Waals surface area contributed by atoms with E-state index in [-0.39, 0.29) is 0 Å². The van der Waals surface area contributed by atoms with E-state index in [1.807, 2.05) is 0 Å². The maximum absolute atomic E-state index is 5.66. The van der Waals surface area contributed by atoms with Gasteiger partial charge in [-0.1, -0.05) is 0 Å². The van der Waals surface area contributed by atoms with Crippen LogP contribution >= 0.6 is 45.1 Å². The van der Waals surface area contributed by atoms with Crippen molar-refractivity contribution >= 4 is 57.3 Å². The van der Waals surface area contributed by atoms with Gasteiger partial charge >= 0.3 is 5.54 Å². The molecule has 0 saturated carbocycles. The van der Waals surface area contributed by atoms with Gasteiger partial charge in [0.25, 0.3) is 0 Å². The van der Waals surface area contributed by atoms with E-state index in [9.17, 15) is 0 Å². The highest BCUT2D eigenvalue weighted by molar-refractivity contribution is 7.51. The Morgan fingerprint density at radius 1 is 1.38 bits per heavy atom. The number of halogens is 4. The van der Waals surface area contributed by atoms with Crippen LogP contribution in [0.15, 0.2) is 0 Å². The second-order valence-corrected chi connectivity index (χ2v) is 11.1. The summed E-state index contributed by atoms with van der Waals surface area (Å²) in [5, 5.41) is 0. The second-order valence-electron chi connectivity index (χ2n) is 1.67. The van der Waals surface area contributed by atoms with Crippen LogP contribution in [0.3, 0.4) is 0 Å². The van der Waals surface area contributed by atoms with Gasteiger partial charge in [0, 0.05) is 0 Å².